The number of aliphatic hydroxyl groups is 1. The summed E-state index contributed by atoms with van der Waals surface area (Å²) in [6, 6.07) is 13.3. The Bertz CT molecular complexity index is 1200. The molecule has 2 amide bonds. The number of nitrogens with one attached hydrogen (secondary N) is 1. The standard InChI is InChI=1S/C25H27N5O4/c1-29(24(33)10-16-5-6-17-12-23(32)27-21(17)9-16)22(14-30-8-7-20(31)13-30)18-3-2-4-19(11-18)25-28-26-15-34-25/h2-6,9,11,15,20,22,31H,7-8,10,12-14H2,1H3,(H,27,32)/t20-,22?/m0/s1. The Morgan fingerprint density at radius 1 is 1.32 bits per heavy atom. The van der Waals surface area contributed by atoms with Crippen LogP contribution in [-0.2, 0) is 22.4 Å². The number of carbonyl (C=O) groups excluding carboxylic acids is 2. The van der Waals surface area contributed by atoms with Crippen LogP contribution in [0.3, 0.4) is 0 Å². The molecular formula is C25H27N5O4. The first-order valence-electron chi connectivity index (χ1n) is 11.4. The zero-order valence-corrected chi connectivity index (χ0v) is 19.0. The molecule has 2 aliphatic rings. The topological polar surface area (TPSA) is 112 Å². The maximum atomic E-state index is 13.4. The summed E-state index contributed by atoms with van der Waals surface area (Å²) in [5, 5.41) is 20.6. The van der Waals surface area contributed by atoms with E-state index in [2.05, 4.69) is 20.4 Å². The minimum atomic E-state index is -0.340. The molecule has 0 saturated carbocycles. The van der Waals surface area contributed by atoms with Crippen LogP contribution in [0.15, 0.2) is 53.3 Å². The number of benzene rings is 2. The molecule has 3 aromatic rings. The Kier molecular flexibility index (Phi) is 6.12. The fraction of sp³-hybridized carbons (Fsp3) is 0.360. The van der Waals surface area contributed by atoms with Crippen LogP contribution in [0.4, 0.5) is 5.69 Å². The van der Waals surface area contributed by atoms with E-state index in [1.54, 1.807) is 4.90 Å². The van der Waals surface area contributed by atoms with E-state index in [1.807, 2.05) is 49.5 Å². The van der Waals surface area contributed by atoms with Gasteiger partial charge in [-0.1, -0.05) is 24.3 Å². The van der Waals surface area contributed by atoms with E-state index in [0.29, 0.717) is 25.4 Å². The summed E-state index contributed by atoms with van der Waals surface area (Å²) in [6.07, 6.45) is 2.28. The summed E-state index contributed by atoms with van der Waals surface area (Å²) in [7, 11) is 1.81. The smallest absolute Gasteiger partial charge is 0.247 e. The van der Waals surface area contributed by atoms with Gasteiger partial charge in [0.2, 0.25) is 24.1 Å². The highest BCUT2D eigenvalue weighted by Crippen LogP contribution is 2.29. The van der Waals surface area contributed by atoms with Gasteiger partial charge in [-0.25, -0.2) is 0 Å². The van der Waals surface area contributed by atoms with Crippen molar-refractivity contribution in [2.75, 3.05) is 32.0 Å². The largest absolute Gasteiger partial charge is 0.423 e. The number of β-amino-alcohol motifs (C(OH)–C–C–N with tert-alkyl or cyclic N) is 1. The monoisotopic (exact) mass is 461 g/mol. The van der Waals surface area contributed by atoms with Crippen LogP contribution in [0.5, 0.6) is 0 Å². The minimum absolute atomic E-state index is 0.0235. The molecule has 3 heterocycles. The van der Waals surface area contributed by atoms with E-state index in [4.69, 9.17) is 4.42 Å². The quantitative estimate of drug-likeness (QED) is 0.554. The molecule has 1 saturated heterocycles. The molecule has 34 heavy (non-hydrogen) atoms. The van der Waals surface area contributed by atoms with Crippen LogP contribution >= 0.6 is 0 Å². The number of anilines is 1. The van der Waals surface area contributed by atoms with Gasteiger partial charge in [-0.05, 0) is 41.3 Å². The van der Waals surface area contributed by atoms with E-state index in [0.717, 1.165) is 40.9 Å². The van der Waals surface area contributed by atoms with Crippen molar-refractivity contribution in [2.24, 2.45) is 0 Å². The lowest BCUT2D eigenvalue weighted by Gasteiger charge is -2.32. The summed E-state index contributed by atoms with van der Waals surface area (Å²) in [6.45, 7) is 1.98. The summed E-state index contributed by atoms with van der Waals surface area (Å²) in [4.78, 5) is 29.0. The van der Waals surface area contributed by atoms with Crippen molar-refractivity contribution >= 4 is 17.5 Å². The van der Waals surface area contributed by atoms with Crippen LogP contribution in [0.2, 0.25) is 0 Å². The number of aromatic nitrogens is 2. The van der Waals surface area contributed by atoms with Crippen LogP contribution in [0, 0.1) is 0 Å². The number of likely N-dealkylation sites (N-methyl/N-ethyl adjacent to an activating group) is 1. The molecule has 0 radical (unpaired) electrons. The second-order valence-electron chi connectivity index (χ2n) is 8.99. The molecule has 2 N–H and O–H groups in total. The van der Waals surface area contributed by atoms with Gasteiger partial charge in [0.1, 0.15) is 0 Å². The predicted octanol–water partition coefficient (Wildman–Crippen LogP) is 2.04. The number of hydrogen-bond donors (Lipinski definition) is 2. The molecular weight excluding hydrogens is 434 g/mol. The van der Waals surface area contributed by atoms with Crippen molar-refractivity contribution in [1.29, 1.82) is 0 Å². The summed E-state index contributed by atoms with van der Waals surface area (Å²) >= 11 is 0. The Labute approximate surface area is 197 Å². The first-order valence-corrected chi connectivity index (χ1v) is 11.4. The second kappa shape index (κ2) is 9.36. The molecule has 1 unspecified atom stereocenters. The summed E-state index contributed by atoms with van der Waals surface area (Å²) < 4.78 is 5.36. The fourth-order valence-corrected chi connectivity index (χ4v) is 4.70. The molecule has 9 nitrogen and oxygen atoms in total. The highest BCUT2D eigenvalue weighted by atomic mass is 16.4. The van der Waals surface area contributed by atoms with Gasteiger partial charge in [0, 0.05) is 37.9 Å². The second-order valence-corrected chi connectivity index (χ2v) is 8.99. The van der Waals surface area contributed by atoms with Gasteiger partial charge in [0.15, 0.2) is 0 Å². The minimum Gasteiger partial charge on any atom is -0.423 e. The van der Waals surface area contributed by atoms with Gasteiger partial charge < -0.3 is 19.7 Å². The number of fused-ring (bicyclic) bond motifs is 1. The Balaban J connectivity index is 1.38. The van der Waals surface area contributed by atoms with Gasteiger partial charge >= 0.3 is 0 Å². The number of hydrogen-bond acceptors (Lipinski definition) is 7. The van der Waals surface area contributed by atoms with E-state index >= 15 is 0 Å². The average molecular weight is 462 g/mol. The van der Waals surface area contributed by atoms with E-state index in [-0.39, 0.29) is 30.4 Å². The molecule has 2 atom stereocenters. The fourth-order valence-electron chi connectivity index (χ4n) is 4.70. The molecule has 2 aromatic carbocycles. The molecule has 0 bridgehead atoms. The molecule has 0 spiro atoms. The van der Waals surface area contributed by atoms with Crippen molar-refractivity contribution in [3.05, 3.63) is 65.5 Å². The Morgan fingerprint density at radius 3 is 2.97 bits per heavy atom. The third-order valence-electron chi connectivity index (χ3n) is 6.57. The van der Waals surface area contributed by atoms with Crippen molar-refractivity contribution in [2.45, 2.75) is 31.4 Å². The molecule has 9 heteroatoms. The third kappa shape index (κ3) is 4.71. The van der Waals surface area contributed by atoms with Crippen LogP contribution in [0.1, 0.15) is 29.2 Å². The maximum absolute atomic E-state index is 13.4. The maximum Gasteiger partial charge on any atom is 0.247 e. The van der Waals surface area contributed by atoms with Crippen molar-refractivity contribution in [1.82, 2.24) is 20.0 Å². The molecule has 1 aromatic heterocycles. The summed E-state index contributed by atoms with van der Waals surface area (Å²) in [5.74, 6) is 0.369. The van der Waals surface area contributed by atoms with E-state index in [9.17, 15) is 14.7 Å². The number of carbonyl (C=O) groups is 2. The Morgan fingerprint density at radius 2 is 2.21 bits per heavy atom. The third-order valence-corrected chi connectivity index (χ3v) is 6.57. The number of amides is 2. The first kappa shape index (κ1) is 22.2. The van der Waals surface area contributed by atoms with Crippen LogP contribution < -0.4 is 5.32 Å². The molecule has 5 rings (SSSR count). The molecule has 176 valence electrons. The lowest BCUT2D eigenvalue weighted by molar-refractivity contribution is -0.131. The lowest BCUT2D eigenvalue weighted by Crippen LogP contribution is -2.39. The van der Waals surface area contributed by atoms with Gasteiger partial charge in [-0.2, -0.15) is 0 Å². The SMILES string of the molecule is CN(C(=O)Cc1ccc2c(c1)NC(=O)C2)C(CN1CC[C@H](O)C1)c1cccc(-c2nnco2)c1. The van der Waals surface area contributed by atoms with Crippen LogP contribution in [-0.4, -0.2) is 69.7 Å². The average Bonchev–Trinajstić information content (AvgIpc) is 3.57. The van der Waals surface area contributed by atoms with Crippen molar-refractivity contribution < 1.29 is 19.1 Å². The molecule has 1 fully saturated rings. The number of likely N-dealkylation sites (tertiary alicyclic amines) is 1. The highest BCUT2D eigenvalue weighted by Gasteiger charge is 2.29. The lowest BCUT2D eigenvalue weighted by atomic mass is 10.0. The molecule has 0 aliphatic carbocycles. The van der Waals surface area contributed by atoms with Crippen molar-refractivity contribution in [3.63, 3.8) is 0 Å². The van der Waals surface area contributed by atoms with Gasteiger partial charge in [0.05, 0.1) is 25.0 Å². The summed E-state index contributed by atoms with van der Waals surface area (Å²) in [5.41, 5.74) is 4.34. The van der Waals surface area contributed by atoms with E-state index in [1.165, 1.54) is 6.39 Å². The number of nitrogens with zero attached hydrogens (tertiary/aromatic N) is 4. The number of rotatable bonds is 7. The zero-order chi connectivity index (χ0) is 23.7. The van der Waals surface area contributed by atoms with Crippen LogP contribution in [0.25, 0.3) is 11.5 Å². The van der Waals surface area contributed by atoms with Gasteiger partial charge in [-0.3, -0.25) is 14.5 Å². The first-order chi connectivity index (χ1) is 16.5. The van der Waals surface area contributed by atoms with Gasteiger partial charge in [0.25, 0.3) is 0 Å². The number of aliphatic hydroxyl groups excluding tert-OH is 1. The predicted molar refractivity (Wildman–Crippen MR) is 125 cm³/mol. The highest BCUT2D eigenvalue weighted by molar-refractivity contribution is 5.99. The molecule has 2 aliphatic heterocycles. The van der Waals surface area contributed by atoms with E-state index < -0.39 is 0 Å². The van der Waals surface area contributed by atoms with Gasteiger partial charge in [-0.15, -0.1) is 10.2 Å². The normalized spacial score (nSPS) is 18.5. The Hall–Kier alpha value is -3.56. The zero-order valence-electron chi connectivity index (χ0n) is 19.0. The van der Waals surface area contributed by atoms with Crippen molar-refractivity contribution in [3.8, 4) is 11.5 Å².